The molecule has 108 valence electrons. The third-order valence-electron chi connectivity index (χ3n) is 2.56. The topological polar surface area (TPSA) is 103 Å². The van der Waals surface area contributed by atoms with Gasteiger partial charge < -0.3 is 9.84 Å². The van der Waals surface area contributed by atoms with Gasteiger partial charge in [-0.3, -0.25) is 10.1 Å². The Morgan fingerprint density at radius 3 is 2.81 bits per heavy atom. The van der Waals surface area contributed by atoms with Gasteiger partial charge in [-0.1, -0.05) is 11.6 Å². The minimum Gasteiger partial charge on any atom is -0.482 e. The first-order chi connectivity index (χ1) is 9.97. The van der Waals surface area contributed by atoms with Crippen molar-refractivity contribution in [3.8, 4) is 5.75 Å². The lowest BCUT2D eigenvalue weighted by Crippen LogP contribution is -2.03. The zero-order chi connectivity index (χ0) is 15.4. The largest absolute Gasteiger partial charge is 0.482 e. The Morgan fingerprint density at radius 1 is 1.38 bits per heavy atom. The fourth-order valence-electron chi connectivity index (χ4n) is 1.60. The number of carboxylic acids is 1. The molecule has 0 saturated heterocycles. The molecule has 21 heavy (non-hydrogen) atoms. The van der Waals surface area contributed by atoms with Crippen molar-refractivity contribution in [3.63, 3.8) is 0 Å². The highest BCUT2D eigenvalue weighted by Crippen LogP contribution is 2.30. The first-order valence-electron chi connectivity index (χ1n) is 5.72. The van der Waals surface area contributed by atoms with Crippen molar-refractivity contribution in [1.82, 2.24) is 4.98 Å². The SMILES string of the molecule is O=C(O)c1cc(COc2ccc(Cl)cc2[N+](=O)[O-])ccn1. The predicted octanol–water partition coefficient (Wildman–Crippen LogP) is 2.92. The first-order valence-corrected chi connectivity index (χ1v) is 6.10. The Morgan fingerprint density at radius 2 is 2.14 bits per heavy atom. The first kappa shape index (κ1) is 14.7. The van der Waals surface area contributed by atoms with Crippen LogP contribution in [0.4, 0.5) is 5.69 Å². The van der Waals surface area contributed by atoms with E-state index in [4.69, 9.17) is 21.4 Å². The molecule has 0 amide bonds. The van der Waals surface area contributed by atoms with Crippen molar-refractivity contribution in [2.75, 3.05) is 0 Å². The van der Waals surface area contributed by atoms with Crippen LogP contribution < -0.4 is 4.74 Å². The van der Waals surface area contributed by atoms with Crippen molar-refractivity contribution in [1.29, 1.82) is 0 Å². The summed E-state index contributed by atoms with van der Waals surface area (Å²) in [6, 6.07) is 6.95. The summed E-state index contributed by atoms with van der Waals surface area (Å²) in [5.74, 6) is -1.10. The number of halogens is 1. The lowest BCUT2D eigenvalue weighted by molar-refractivity contribution is -0.385. The van der Waals surface area contributed by atoms with E-state index in [0.29, 0.717) is 5.56 Å². The second-order valence-corrected chi connectivity index (χ2v) is 4.45. The molecule has 0 bridgehead atoms. The summed E-state index contributed by atoms with van der Waals surface area (Å²) in [5, 5.41) is 20.0. The Labute approximate surface area is 123 Å². The summed E-state index contributed by atoms with van der Waals surface area (Å²) in [7, 11) is 0. The average Bonchev–Trinajstić information content (AvgIpc) is 2.46. The van der Waals surface area contributed by atoms with Crippen molar-refractivity contribution in [2.45, 2.75) is 6.61 Å². The number of aromatic nitrogens is 1. The number of benzene rings is 1. The Kier molecular flexibility index (Phi) is 4.34. The zero-order valence-corrected chi connectivity index (χ0v) is 11.3. The van der Waals surface area contributed by atoms with Gasteiger partial charge in [-0.05, 0) is 29.8 Å². The predicted molar refractivity (Wildman–Crippen MR) is 73.6 cm³/mol. The highest BCUT2D eigenvalue weighted by atomic mass is 35.5. The van der Waals surface area contributed by atoms with Crippen LogP contribution in [-0.4, -0.2) is 21.0 Å². The number of rotatable bonds is 5. The third-order valence-corrected chi connectivity index (χ3v) is 2.79. The van der Waals surface area contributed by atoms with Crippen LogP contribution in [0.25, 0.3) is 0 Å². The molecule has 0 aliphatic heterocycles. The molecule has 1 heterocycles. The van der Waals surface area contributed by atoms with Gasteiger partial charge in [0.05, 0.1) is 4.92 Å². The van der Waals surface area contributed by atoms with Crippen LogP contribution in [-0.2, 0) is 6.61 Å². The van der Waals surface area contributed by atoms with Crippen LogP contribution >= 0.6 is 11.6 Å². The fraction of sp³-hybridized carbons (Fsp3) is 0.0769. The summed E-state index contributed by atoms with van der Waals surface area (Å²) in [6.45, 7) is -0.0225. The number of aromatic carboxylic acids is 1. The van der Waals surface area contributed by atoms with E-state index >= 15 is 0 Å². The highest BCUT2D eigenvalue weighted by molar-refractivity contribution is 6.30. The van der Waals surface area contributed by atoms with Gasteiger partial charge in [0.25, 0.3) is 0 Å². The van der Waals surface area contributed by atoms with Gasteiger partial charge in [-0.2, -0.15) is 0 Å². The minimum atomic E-state index is -1.16. The van der Waals surface area contributed by atoms with Crippen LogP contribution in [0.1, 0.15) is 16.1 Å². The maximum atomic E-state index is 10.9. The summed E-state index contributed by atoms with van der Waals surface area (Å²) < 4.78 is 5.35. The van der Waals surface area contributed by atoms with Crippen molar-refractivity contribution in [2.24, 2.45) is 0 Å². The molecule has 2 rings (SSSR count). The summed E-state index contributed by atoms with van der Waals surface area (Å²) in [5.41, 5.74) is 0.156. The monoisotopic (exact) mass is 308 g/mol. The third kappa shape index (κ3) is 3.67. The molecular formula is C13H9ClN2O5. The molecule has 1 N–H and O–H groups in total. The molecule has 0 saturated carbocycles. The van der Waals surface area contributed by atoms with Gasteiger partial charge in [-0.25, -0.2) is 9.78 Å². The Hall–Kier alpha value is -2.67. The van der Waals surface area contributed by atoms with Crippen molar-refractivity contribution < 1.29 is 19.6 Å². The molecule has 0 radical (unpaired) electrons. The molecule has 0 fully saturated rings. The fourth-order valence-corrected chi connectivity index (χ4v) is 1.76. The number of pyridine rings is 1. The second kappa shape index (κ2) is 6.19. The lowest BCUT2D eigenvalue weighted by Gasteiger charge is -2.07. The number of hydrogen-bond acceptors (Lipinski definition) is 5. The number of carbonyl (C=O) groups is 1. The molecule has 2 aromatic rings. The van der Waals surface area contributed by atoms with Crippen molar-refractivity contribution in [3.05, 3.63) is 62.9 Å². The number of nitro groups is 1. The molecule has 0 aliphatic carbocycles. The molecule has 1 aromatic heterocycles. The number of hydrogen-bond donors (Lipinski definition) is 1. The van der Waals surface area contributed by atoms with Gasteiger partial charge in [0, 0.05) is 17.3 Å². The number of nitro benzene ring substituents is 1. The maximum absolute atomic E-state index is 10.9. The van der Waals surface area contributed by atoms with Gasteiger partial charge in [-0.15, -0.1) is 0 Å². The molecule has 7 nitrogen and oxygen atoms in total. The van der Waals surface area contributed by atoms with E-state index in [0.717, 1.165) is 0 Å². The molecule has 8 heteroatoms. The maximum Gasteiger partial charge on any atom is 0.354 e. The Balaban J connectivity index is 2.18. The normalized spacial score (nSPS) is 10.1. The van der Waals surface area contributed by atoms with E-state index in [1.807, 2.05) is 0 Å². The van der Waals surface area contributed by atoms with Gasteiger partial charge in [0.2, 0.25) is 0 Å². The van der Waals surface area contributed by atoms with E-state index in [2.05, 4.69) is 4.98 Å². The van der Waals surface area contributed by atoms with Crippen LogP contribution in [0, 0.1) is 10.1 Å². The van der Waals surface area contributed by atoms with Crippen LogP contribution in [0.5, 0.6) is 5.75 Å². The standard InChI is InChI=1S/C13H9ClN2O5/c14-9-1-2-12(11(6-9)16(19)20)21-7-8-3-4-15-10(5-8)13(17)18/h1-6H,7H2,(H,17,18). The number of carboxylic acid groups (broad SMARTS) is 1. The molecule has 0 atom stereocenters. The summed E-state index contributed by atoms with van der Waals surface area (Å²) in [6.07, 6.45) is 1.33. The van der Waals surface area contributed by atoms with Crippen molar-refractivity contribution >= 4 is 23.3 Å². The van der Waals surface area contributed by atoms with Crippen LogP contribution in [0.15, 0.2) is 36.5 Å². The zero-order valence-electron chi connectivity index (χ0n) is 10.5. The van der Waals surface area contributed by atoms with Gasteiger partial charge in [0.1, 0.15) is 12.3 Å². The second-order valence-electron chi connectivity index (χ2n) is 4.01. The van der Waals surface area contributed by atoms with Crippen LogP contribution in [0.3, 0.4) is 0 Å². The highest BCUT2D eigenvalue weighted by Gasteiger charge is 2.16. The van der Waals surface area contributed by atoms with E-state index in [9.17, 15) is 14.9 Å². The molecule has 0 aliphatic rings. The average molecular weight is 309 g/mol. The van der Waals surface area contributed by atoms with E-state index < -0.39 is 10.9 Å². The van der Waals surface area contributed by atoms with E-state index in [-0.39, 0.29) is 28.8 Å². The molecule has 0 unspecified atom stereocenters. The van der Waals surface area contributed by atoms with Gasteiger partial charge in [0.15, 0.2) is 5.75 Å². The lowest BCUT2D eigenvalue weighted by atomic mass is 10.2. The smallest absolute Gasteiger partial charge is 0.354 e. The van der Waals surface area contributed by atoms with E-state index in [1.165, 1.54) is 30.5 Å². The summed E-state index contributed by atoms with van der Waals surface area (Å²) >= 11 is 5.70. The number of nitrogens with zero attached hydrogens (tertiary/aromatic N) is 2. The molecular weight excluding hydrogens is 300 g/mol. The Bertz CT molecular complexity index is 705. The molecule has 0 spiro atoms. The quantitative estimate of drug-likeness (QED) is 0.673. The summed E-state index contributed by atoms with van der Waals surface area (Å²) in [4.78, 5) is 24.8. The van der Waals surface area contributed by atoms with Crippen LogP contribution in [0.2, 0.25) is 5.02 Å². The van der Waals surface area contributed by atoms with E-state index in [1.54, 1.807) is 6.07 Å². The number of ether oxygens (including phenoxy) is 1. The minimum absolute atomic E-state index is 0.0225. The van der Waals surface area contributed by atoms with Gasteiger partial charge >= 0.3 is 11.7 Å². The molecule has 1 aromatic carbocycles.